The minimum Gasteiger partial charge on any atom is -0.395 e. The van der Waals surface area contributed by atoms with Gasteiger partial charge in [0.15, 0.2) is 5.78 Å². The normalized spacial score (nSPS) is 18.5. The lowest BCUT2D eigenvalue weighted by Crippen LogP contribution is -2.48. The number of rotatable bonds is 9. The maximum atomic E-state index is 14.1. The van der Waals surface area contributed by atoms with Crippen LogP contribution in [0.1, 0.15) is 59.2 Å². The summed E-state index contributed by atoms with van der Waals surface area (Å²) in [5.74, 6) is -0.00368. The van der Waals surface area contributed by atoms with Gasteiger partial charge < -0.3 is 20.0 Å². The SMILES string of the molecule is C=NCC(C)/C=C\c1c(C)[nH]c2c1C(=O)c1cc(S(=O)(=O)N(C)C)c(N3CCN(CCO)CC3)cc1C2(C)C. The predicted molar refractivity (Wildman–Crippen MR) is 157 cm³/mol. The number of aliphatic hydroxyl groups excluding tert-OH is 1. The third kappa shape index (κ3) is 5.23. The Morgan fingerprint density at radius 3 is 2.49 bits per heavy atom. The molecule has 1 unspecified atom stereocenters. The molecule has 0 bridgehead atoms. The average Bonchev–Trinajstić information content (AvgIpc) is 3.23. The Bertz CT molecular complexity index is 1400. The highest BCUT2D eigenvalue weighted by molar-refractivity contribution is 7.89. The summed E-state index contributed by atoms with van der Waals surface area (Å²) in [5.41, 5.74) is 4.45. The fourth-order valence-electron chi connectivity index (χ4n) is 5.62. The van der Waals surface area contributed by atoms with Gasteiger partial charge >= 0.3 is 0 Å². The lowest BCUT2D eigenvalue weighted by atomic mass is 9.71. The third-order valence-corrected chi connectivity index (χ3v) is 9.85. The quantitative estimate of drug-likeness (QED) is 0.461. The number of aryl methyl sites for hydroxylation is 1. The van der Waals surface area contributed by atoms with Gasteiger partial charge in [-0.15, -0.1) is 0 Å². The standard InChI is InChI=1S/C29H41N5O4S/c1-19(18-30-5)8-9-21-20(2)31-28-26(21)27(36)22-16-25(39(37,38)32(6)7)24(17-23(22)29(28,3)4)34-12-10-33(11-13-34)14-15-35/h8-9,16-17,19,31,35H,5,10-15,18H2,1-4,6-7H3/b9-8-. The number of anilines is 1. The van der Waals surface area contributed by atoms with E-state index in [1.54, 1.807) is 6.07 Å². The second kappa shape index (κ2) is 11.0. The van der Waals surface area contributed by atoms with Crippen LogP contribution in [-0.2, 0) is 15.4 Å². The smallest absolute Gasteiger partial charge is 0.244 e. The van der Waals surface area contributed by atoms with Gasteiger partial charge in [0.05, 0.1) is 17.9 Å². The van der Waals surface area contributed by atoms with E-state index in [-0.39, 0.29) is 23.2 Å². The van der Waals surface area contributed by atoms with E-state index in [9.17, 15) is 18.3 Å². The molecule has 4 rings (SSSR count). The Morgan fingerprint density at radius 2 is 1.90 bits per heavy atom. The zero-order valence-electron chi connectivity index (χ0n) is 23.9. The van der Waals surface area contributed by atoms with Gasteiger partial charge in [-0.3, -0.25) is 9.69 Å². The number of carbonyl (C=O) groups is 1. The molecule has 2 heterocycles. The number of benzene rings is 1. The monoisotopic (exact) mass is 555 g/mol. The Morgan fingerprint density at radius 1 is 1.23 bits per heavy atom. The van der Waals surface area contributed by atoms with E-state index >= 15 is 0 Å². The maximum Gasteiger partial charge on any atom is 0.244 e. The summed E-state index contributed by atoms with van der Waals surface area (Å²) in [4.78, 5) is 26.0. The zero-order valence-corrected chi connectivity index (χ0v) is 24.7. The lowest BCUT2D eigenvalue weighted by molar-refractivity contribution is 0.103. The van der Waals surface area contributed by atoms with Gasteiger partial charge in [-0.05, 0) is 37.3 Å². The van der Waals surface area contributed by atoms with Gasteiger partial charge in [-0.1, -0.05) is 32.9 Å². The molecule has 2 aliphatic rings. The van der Waals surface area contributed by atoms with Crippen LogP contribution < -0.4 is 4.90 Å². The number of aliphatic hydroxyl groups is 1. The molecule has 1 fully saturated rings. The second-order valence-corrected chi connectivity index (χ2v) is 13.4. The molecule has 39 heavy (non-hydrogen) atoms. The molecule has 1 aromatic carbocycles. The molecule has 1 aromatic heterocycles. The van der Waals surface area contributed by atoms with Gasteiger partial charge in [0.1, 0.15) is 4.90 Å². The van der Waals surface area contributed by atoms with Crippen molar-refractivity contribution in [1.82, 2.24) is 14.2 Å². The van der Waals surface area contributed by atoms with Gasteiger partial charge in [0.25, 0.3) is 0 Å². The van der Waals surface area contributed by atoms with Crippen molar-refractivity contribution >= 4 is 34.3 Å². The number of nitrogens with one attached hydrogen (secondary N) is 1. The first-order valence-corrected chi connectivity index (χ1v) is 14.9. The maximum absolute atomic E-state index is 14.1. The van der Waals surface area contributed by atoms with Crippen molar-refractivity contribution in [2.24, 2.45) is 10.9 Å². The van der Waals surface area contributed by atoms with Crippen molar-refractivity contribution in [3.05, 3.63) is 51.9 Å². The van der Waals surface area contributed by atoms with Gasteiger partial charge in [-0.25, -0.2) is 12.7 Å². The van der Waals surface area contributed by atoms with E-state index in [1.807, 2.05) is 32.1 Å². The summed E-state index contributed by atoms with van der Waals surface area (Å²) in [6.07, 6.45) is 4.00. The molecule has 212 valence electrons. The third-order valence-electron chi connectivity index (χ3n) is 8.00. The van der Waals surface area contributed by atoms with Crippen molar-refractivity contribution in [3.63, 3.8) is 0 Å². The predicted octanol–water partition coefficient (Wildman–Crippen LogP) is 2.91. The molecule has 10 heteroatoms. The van der Waals surface area contributed by atoms with Crippen molar-refractivity contribution in [3.8, 4) is 0 Å². The second-order valence-electron chi connectivity index (χ2n) is 11.3. The first-order valence-electron chi connectivity index (χ1n) is 13.4. The molecule has 9 nitrogen and oxygen atoms in total. The van der Waals surface area contributed by atoms with Crippen LogP contribution in [0.15, 0.2) is 28.1 Å². The summed E-state index contributed by atoms with van der Waals surface area (Å²) in [6, 6.07) is 3.50. The molecular formula is C29H41N5O4S. The molecule has 0 spiro atoms. The molecular weight excluding hydrogens is 514 g/mol. The number of aromatic nitrogens is 1. The minimum atomic E-state index is -3.84. The fraction of sp³-hybridized carbons (Fsp3) is 0.517. The summed E-state index contributed by atoms with van der Waals surface area (Å²) in [5, 5.41) is 9.33. The molecule has 2 aromatic rings. The molecule has 1 aliphatic carbocycles. The van der Waals surface area contributed by atoms with Gasteiger partial charge in [0, 0.05) is 81.3 Å². The summed E-state index contributed by atoms with van der Waals surface area (Å²) in [7, 11) is -0.811. The van der Waals surface area contributed by atoms with Crippen LogP contribution in [0.25, 0.3) is 6.08 Å². The number of carbonyl (C=O) groups excluding carboxylic acids is 1. The topological polar surface area (TPSA) is 109 Å². The van der Waals surface area contributed by atoms with Gasteiger partial charge in [-0.2, -0.15) is 0 Å². The number of hydrogen-bond acceptors (Lipinski definition) is 7. The minimum absolute atomic E-state index is 0.0918. The highest BCUT2D eigenvalue weighted by atomic mass is 32.2. The van der Waals surface area contributed by atoms with E-state index in [1.165, 1.54) is 18.4 Å². The Labute approximate surface area is 232 Å². The molecule has 0 amide bonds. The summed E-state index contributed by atoms with van der Waals surface area (Å²) in [6.45, 7) is 15.7. The number of hydrogen-bond donors (Lipinski definition) is 2. The van der Waals surface area contributed by atoms with Crippen molar-refractivity contribution in [2.45, 2.75) is 38.0 Å². The van der Waals surface area contributed by atoms with Gasteiger partial charge in [0.2, 0.25) is 10.0 Å². The van der Waals surface area contributed by atoms with Crippen molar-refractivity contribution in [1.29, 1.82) is 0 Å². The summed E-state index contributed by atoms with van der Waals surface area (Å²) >= 11 is 0. The molecule has 0 saturated carbocycles. The van der Waals surface area contributed by atoms with Crippen molar-refractivity contribution in [2.75, 3.05) is 64.9 Å². The molecule has 2 N–H and O–H groups in total. The largest absolute Gasteiger partial charge is 0.395 e. The van der Waals surface area contributed by atoms with Crippen LogP contribution in [0.4, 0.5) is 5.69 Å². The van der Waals surface area contributed by atoms with Crippen LogP contribution in [0, 0.1) is 12.8 Å². The lowest BCUT2D eigenvalue weighted by Gasteiger charge is -2.39. The average molecular weight is 556 g/mol. The highest BCUT2D eigenvalue weighted by Gasteiger charge is 2.42. The number of H-pyrrole nitrogens is 1. The summed E-state index contributed by atoms with van der Waals surface area (Å²) < 4.78 is 28.4. The van der Waals surface area contributed by atoms with E-state index in [0.717, 1.165) is 35.6 Å². The highest BCUT2D eigenvalue weighted by Crippen LogP contribution is 2.46. The fourth-order valence-corrected chi connectivity index (χ4v) is 6.74. The zero-order chi connectivity index (χ0) is 28.7. The van der Waals surface area contributed by atoms with Crippen molar-refractivity contribution < 1.29 is 18.3 Å². The van der Waals surface area contributed by atoms with E-state index < -0.39 is 15.4 Å². The Kier molecular flexibility index (Phi) is 8.23. The number of sulfonamides is 1. The molecule has 0 radical (unpaired) electrons. The molecule has 1 atom stereocenters. The number of aromatic amines is 1. The van der Waals surface area contributed by atoms with Crippen LogP contribution in [0.3, 0.4) is 0 Å². The van der Waals surface area contributed by atoms with E-state index in [0.29, 0.717) is 43.0 Å². The van der Waals surface area contributed by atoms with E-state index in [2.05, 4.69) is 40.3 Å². The number of fused-ring (bicyclic) bond motifs is 2. The number of β-amino-alcohol motifs (C(OH)–C–C–N with tert-alkyl or cyclic N) is 1. The number of ketones is 1. The van der Waals surface area contributed by atoms with Crippen LogP contribution in [-0.4, -0.2) is 100 Å². The molecule has 1 saturated heterocycles. The van der Waals surface area contributed by atoms with Crippen LogP contribution >= 0.6 is 0 Å². The first kappa shape index (κ1) is 29.2. The number of aliphatic imine (C=N–C) groups is 1. The van der Waals surface area contributed by atoms with E-state index in [4.69, 9.17) is 0 Å². The van der Waals surface area contributed by atoms with Crippen LogP contribution in [0.5, 0.6) is 0 Å². The Balaban J connectivity index is 1.88. The number of nitrogens with zero attached hydrogens (tertiary/aromatic N) is 4. The first-order chi connectivity index (χ1) is 18.3. The number of piperazine rings is 1. The Hall–Kier alpha value is -2.79. The molecule has 1 aliphatic heterocycles. The van der Waals surface area contributed by atoms with Crippen LogP contribution in [0.2, 0.25) is 0 Å².